The molecule has 0 saturated carbocycles. The summed E-state index contributed by atoms with van der Waals surface area (Å²) < 4.78 is 13.3. The quantitative estimate of drug-likeness (QED) is 0.858. The first-order valence-corrected chi connectivity index (χ1v) is 5.71. The van der Waals surface area contributed by atoms with Gasteiger partial charge in [0, 0.05) is 0 Å². The average Bonchev–Trinajstić information content (AvgIpc) is 2.29. The first-order valence-electron chi connectivity index (χ1n) is 5.71. The van der Waals surface area contributed by atoms with Crippen LogP contribution < -0.4 is 11.1 Å². The molecule has 1 amide bonds. The summed E-state index contributed by atoms with van der Waals surface area (Å²) in [4.78, 5) is 11.9. The van der Waals surface area contributed by atoms with E-state index >= 15 is 0 Å². The molecule has 1 unspecified atom stereocenters. The van der Waals surface area contributed by atoms with Crippen LogP contribution in [-0.2, 0) is 4.79 Å². The van der Waals surface area contributed by atoms with E-state index in [2.05, 4.69) is 5.32 Å². The number of nitrogens with one attached hydrogen (secondary N) is 1. The number of anilines is 1. The molecule has 1 rings (SSSR count). The molecular formula is C13H16FN3O. The first-order chi connectivity index (χ1) is 8.42. The molecule has 0 heterocycles. The second-order valence-electron chi connectivity index (χ2n) is 4.40. The zero-order valence-electron chi connectivity index (χ0n) is 10.5. The van der Waals surface area contributed by atoms with Crippen molar-refractivity contribution in [1.29, 1.82) is 5.26 Å². The van der Waals surface area contributed by atoms with Gasteiger partial charge in [0.2, 0.25) is 5.91 Å². The Kier molecular flexibility index (Phi) is 4.40. The normalized spacial score (nSPS) is 13.5. The molecule has 0 radical (unpaired) electrons. The number of rotatable bonds is 4. The molecule has 3 N–H and O–H groups in total. The largest absolute Gasteiger partial charge is 0.323 e. The van der Waals surface area contributed by atoms with Gasteiger partial charge in [-0.15, -0.1) is 0 Å². The highest BCUT2D eigenvalue weighted by atomic mass is 19.1. The van der Waals surface area contributed by atoms with Crippen molar-refractivity contribution in [3.05, 3.63) is 29.6 Å². The van der Waals surface area contributed by atoms with Gasteiger partial charge in [-0.3, -0.25) is 4.79 Å². The molecule has 0 spiro atoms. The number of hydrogen-bond donors (Lipinski definition) is 2. The number of nitrogens with two attached hydrogens (primary N) is 1. The van der Waals surface area contributed by atoms with Gasteiger partial charge in [0.15, 0.2) is 0 Å². The average molecular weight is 249 g/mol. The highest BCUT2D eigenvalue weighted by molar-refractivity contribution is 5.98. The lowest BCUT2D eigenvalue weighted by molar-refractivity contribution is -0.120. The predicted molar refractivity (Wildman–Crippen MR) is 67.2 cm³/mol. The molecule has 96 valence electrons. The van der Waals surface area contributed by atoms with Crippen molar-refractivity contribution in [2.45, 2.75) is 32.2 Å². The third-order valence-electron chi connectivity index (χ3n) is 2.66. The Morgan fingerprint density at radius 3 is 2.83 bits per heavy atom. The number of halogens is 1. The summed E-state index contributed by atoms with van der Waals surface area (Å²) in [5, 5.41) is 11.3. The Balaban J connectivity index is 2.96. The van der Waals surface area contributed by atoms with Crippen molar-refractivity contribution in [2.75, 3.05) is 5.32 Å². The van der Waals surface area contributed by atoms with E-state index in [1.807, 2.05) is 6.92 Å². The summed E-state index contributed by atoms with van der Waals surface area (Å²) in [6, 6.07) is 5.79. The highest BCUT2D eigenvalue weighted by Gasteiger charge is 2.27. The molecule has 0 aliphatic carbocycles. The molecular weight excluding hydrogens is 233 g/mol. The molecule has 1 aromatic rings. The summed E-state index contributed by atoms with van der Waals surface area (Å²) in [6.07, 6.45) is 1.27. The van der Waals surface area contributed by atoms with Crippen LogP contribution in [-0.4, -0.2) is 11.4 Å². The zero-order valence-corrected chi connectivity index (χ0v) is 10.5. The molecule has 1 aromatic carbocycles. The summed E-state index contributed by atoms with van der Waals surface area (Å²) in [7, 11) is 0. The lowest BCUT2D eigenvalue weighted by Gasteiger charge is -2.23. The number of carbonyl (C=O) groups excluding carboxylic acids is 1. The molecule has 0 saturated heterocycles. The lowest BCUT2D eigenvalue weighted by atomic mass is 9.96. The monoisotopic (exact) mass is 249 g/mol. The topological polar surface area (TPSA) is 78.9 Å². The summed E-state index contributed by atoms with van der Waals surface area (Å²) in [5.74, 6) is -1.09. The van der Waals surface area contributed by atoms with Crippen molar-refractivity contribution in [3.8, 4) is 6.07 Å². The van der Waals surface area contributed by atoms with Crippen molar-refractivity contribution in [1.82, 2.24) is 0 Å². The van der Waals surface area contributed by atoms with Crippen LogP contribution in [0.25, 0.3) is 0 Å². The van der Waals surface area contributed by atoms with E-state index in [9.17, 15) is 9.18 Å². The van der Waals surface area contributed by atoms with Crippen molar-refractivity contribution < 1.29 is 9.18 Å². The van der Waals surface area contributed by atoms with Crippen LogP contribution in [0.4, 0.5) is 10.1 Å². The summed E-state index contributed by atoms with van der Waals surface area (Å²) in [6.45, 7) is 3.53. The Morgan fingerprint density at radius 1 is 1.61 bits per heavy atom. The second-order valence-corrected chi connectivity index (χ2v) is 4.40. The molecule has 0 aliphatic rings. The van der Waals surface area contributed by atoms with Crippen molar-refractivity contribution >= 4 is 11.6 Å². The molecule has 4 nitrogen and oxygen atoms in total. The van der Waals surface area contributed by atoms with E-state index in [1.54, 1.807) is 13.0 Å². The SMILES string of the molecule is CCCC(C)(N)C(=O)Nc1cccc(F)c1C#N. The summed E-state index contributed by atoms with van der Waals surface area (Å²) in [5.41, 5.74) is 4.79. The summed E-state index contributed by atoms with van der Waals surface area (Å²) >= 11 is 0. The fourth-order valence-corrected chi connectivity index (χ4v) is 1.64. The minimum atomic E-state index is -1.03. The van der Waals surface area contributed by atoms with Gasteiger partial charge in [-0.1, -0.05) is 19.4 Å². The lowest BCUT2D eigenvalue weighted by Crippen LogP contribution is -2.48. The van der Waals surface area contributed by atoms with E-state index in [1.165, 1.54) is 18.2 Å². The van der Waals surface area contributed by atoms with Crippen LogP contribution in [0.15, 0.2) is 18.2 Å². The number of benzene rings is 1. The van der Waals surface area contributed by atoms with Gasteiger partial charge in [-0.2, -0.15) is 5.26 Å². The maximum absolute atomic E-state index is 13.3. The van der Waals surface area contributed by atoms with Crippen LogP contribution in [0.3, 0.4) is 0 Å². The predicted octanol–water partition coefficient (Wildman–Crippen LogP) is 2.15. The molecule has 5 heteroatoms. The Labute approximate surface area is 106 Å². The number of nitriles is 1. The molecule has 0 aliphatic heterocycles. The van der Waals surface area contributed by atoms with Crippen LogP contribution >= 0.6 is 0 Å². The van der Waals surface area contributed by atoms with Gasteiger partial charge < -0.3 is 11.1 Å². The van der Waals surface area contributed by atoms with Gasteiger partial charge in [0.25, 0.3) is 0 Å². The smallest absolute Gasteiger partial charge is 0.244 e. The van der Waals surface area contributed by atoms with E-state index in [0.717, 1.165) is 6.42 Å². The molecule has 18 heavy (non-hydrogen) atoms. The Morgan fingerprint density at radius 2 is 2.28 bits per heavy atom. The van der Waals surface area contributed by atoms with E-state index < -0.39 is 17.3 Å². The second kappa shape index (κ2) is 5.61. The van der Waals surface area contributed by atoms with Crippen LogP contribution in [0.5, 0.6) is 0 Å². The van der Waals surface area contributed by atoms with Crippen LogP contribution in [0, 0.1) is 17.1 Å². The van der Waals surface area contributed by atoms with E-state index in [-0.39, 0.29) is 11.3 Å². The highest BCUT2D eigenvalue weighted by Crippen LogP contribution is 2.20. The number of carbonyl (C=O) groups is 1. The first kappa shape index (κ1) is 14.1. The molecule has 0 fully saturated rings. The maximum Gasteiger partial charge on any atom is 0.244 e. The number of amides is 1. The van der Waals surface area contributed by atoms with Gasteiger partial charge in [0.05, 0.1) is 11.2 Å². The Hall–Kier alpha value is -1.93. The third-order valence-corrected chi connectivity index (χ3v) is 2.66. The van der Waals surface area contributed by atoms with Crippen LogP contribution in [0.1, 0.15) is 32.3 Å². The van der Waals surface area contributed by atoms with Crippen LogP contribution in [0.2, 0.25) is 0 Å². The van der Waals surface area contributed by atoms with E-state index in [0.29, 0.717) is 6.42 Å². The zero-order chi connectivity index (χ0) is 13.8. The minimum absolute atomic E-state index is 0.148. The van der Waals surface area contributed by atoms with Gasteiger partial charge in [-0.05, 0) is 25.5 Å². The third kappa shape index (κ3) is 3.05. The minimum Gasteiger partial charge on any atom is -0.323 e. The Bertz CT molecular complexity index is 491. The van der Waals surface area contributed by atoms with Crippen molar-refractivity contribution in [3.63, 3.8) is 0 Å². The number of nitrogens with zero attached hydrogens (tertiary/aromatic N) is 1. The van der Waals surface area contributed by atoms with Gasteiger partial charge >= 0.3 is 0 Å². The fourth-order valence-electron chi connectivity index (χ4n) is 1.64. The molecule has 0 bridgehead atoms. The van der Waals surface area contributed by atoms with Gasteiger partial charge in [-0.25, -0.2) is 4.39 Å². The molecule has 1 atom stereocenters. The van der Waals surface area contributed by atoms with E-state index in [4.69, 9.17) is 11.0 Å². The van der Waals surface area contributed by atoms with Gasteiger partial charge in [0.1, 0.15) is 17.4 Å². The maximum atomic E-state index is 13.3. The fraction of sp³-hybridized carbons (Fsp3) is 0.385. The molecule has 0 aromatic heterocycles. The standard InChI is InChI=1S/C13H16FN3O/c1-3-7-13(2,16)12(18)17-11-6-4-5-10(14)9(11)8-15/h4-6H,3,7,16H2,1-2H3,(H,17,18). The number of hydrogen-bond acceptors (Lipinski definition) is 3. The van der Waals surface area contributed by atoms with Crippen molar-refractivity contribution in [2.24, 2.45) is 5.73 Å².